The summed E-state index contributed by atoms with van der Waals surface area (Å²) < 4.78 is 5.51. The van der Waals surface area contributed by atoms with Crippen LogP contribution >= 0.6 is 0 Å². The van der Waals surface area contributed by atoms with Crippen LogP contribution in [0.5, 0.6) is 0 Å². The molecule has 1 heterocycles. The maximum absolute atomic E-state index is 13.6. The van der Waals surface area contributed by atoms with Gasteiger partial charge in [-0.1, -0.05) is 111 Å². The molecule has 280 valence electrons. The number of nitrogens with zero attached hydrogens (tertiary/aromatic N) is 1. The first kappa shape index (κ1) is 40.4. The average Bonchev–Trinajstić information content (AvgIpc) is 3.67. The van der Waals surface area contributed by atoms with E-state index in [0.29, 0.717) is 13.2 Å². The van der Waals surface area contributed by atoms with E-state index in [2.05, 4.69) is 87.4 Å². The zero-order valence-corrected chi connectivity index (χ0v) is 32.9. The van der Waals surface area contributed by atoms with Gasteiger partial charge in [0.1, 0.15) is 0 Å². The number of methoxy groups -OCH3 is 1. The lowest BCUT2D eigenvalue weighted by Gasteiger charge is -2.33. The van der Waals surface area contributed by atoms with Crippen molar-refractivity contribution in [2.45, 2.75) is 130 Å². The normalized spacial score (nSPS) is 19.1. The number of ether oxygens (including phenoxy) is 1. The van der Waals surface area contributed by atoms with Gasteiger partial charge in [-0.2, -0.15) is 0 Å². The Balaban J connectivity index is 1.69. The highest BCUT2D eigenvalue weighted by Gasteiger charge is 2.43. The first-order valence-corrected chi connectivity index (χ1v) is 19.7. The molecule has 7 heteroatoms. The zero-order valence-electron chi connectivity index (χ0n) is 32.9. The third-order valence-corrected chi connectivity index (χ3v) is 11.4. The van der Waals surface area contributed by atoms with Crippen LogP contribution in [0.25, 0.3) is 16.8 Å². The van der Waals surface area contributed by atoms with E-state index in [4.69, 9.17) is 10.5 Å². The van der Waals surface area contributed by atoms with Gasteiger partial charge in [0.05, 0.1) is 18.7 Å². The molecule has 0 spiro atoms. The van der Waals surface area contributed by atoms with Crippen molar-refractivity contribution in [2.24, 2.45) is 23.5 Å². The van der Waals surface area contributed by atoms with Crippen LogP contribution in [0.1, 0.15) is 129 Å². The van der Waals surface area contributed by atoms with Crippen LogP contribution in [0.15, 0.2) is 54.8 Å². The first-order chi connectivity index (χ1) is 24.5. The van der Waals surface area contributed by atoms with Crippen LogP contribution in [0.4, 0.5) is 5.69 Å². The highest BCUT2D eigenvalue weighted by Crippen LogP contribution is 2.55. The van der Waals surface area contributed by atoms with Crippen LogP contribution in [-0.4, -0.2) is 49.1 Å². The van der Waals surface area contributed by atoms with Crippen LogP contribution in [0, 0.1) is 17.8 Å². The van der Waals surface area contributed by atoms with Crippen molar-refractivity contribution in [2.75, 3.05) is 25.6 Å². The van der Waals surface area contributed by atoms with Crippen LogP contribution in [-0.2, 0) is 19.7 Å². The summed E-state index contributed by atoms with van der Waals surface area (Å²) in [4.78, 5) is 28.7. The fourth-order valence-corrected chi connectivity index (χ4v) is 8.17. The highest BCUT2D eigenvalue weighted by molar-refractivity contribution is 5.94. The number of nitrogens with two attached hydrogens (primary N) is 1. The molecule has 2 aromatic carbocycles. The summed E-state index contributed by atoms with van der Waals surface area (Å²) >= 11 is 0. The van der Waals surface area contributed by atoms with Crippen molar-refractivity contribution in [3.8, 4) is 11.1 Å². The minimum absolute atomic E-state index is 0.0170. The predicted molar refractivity (Wildman–Crippen MR) is 213 cm³/mol. The molecular formula is C44H66N4O3. The molecule has 4 rings (SSSR count). The fourth-order valence-electron chi connectivity index (χ4n) is 8.17. The smallest absolute Gasteiger partial charge is 0.240 e. The Morgan fingerprint density at radius 1 is 1.00 bits per heavy atom. The van der Waals surface area contributed by atoms with Gasteiger partial charge < -0.3 is 26.0 Å². The van der Waals surface area contributed by atoms with Gasteiger partial charge in [-0.05, 0) is 84.5 Å². The number of unbranched alkanes of at least 4 members (excludes halogenated alkanes) is 3. The monoisotopic (exact) mass is 699 g/mol. The Hall–Kier alpha value is -3.42. The number of rotatable bonds is 19. The second-order valence-corrected chi connectivity index (χ2v) is 15.5. The third kappa shape index (κ3) is 8.97. The number of hydrogen-bond acceptors (Lipinski definition) is 5. The van der Waals surface area contributed by atoms with Gasteiger partial charge in [0.15, 0.2) is 0 Å². The number of nitrogens with one attached hydrogen (secondary N) is 2. The third-order valence-electron chi connectivity index (χ3n) is 11.4. The summed E-state index contributed by atoms with van der Waals surface area (Å²) in [6.45, 7) is 20.5. The van der Waals surface area contributed by atoms with Crippen LogP contribution in [0.2, 0.25) is 0 Å². The molecular weight excluding hydrogens is 633 g/mol. The summed E-state index contributed by atoms with van der Waals surface area (Å²) in [6.07, 6.45) is 12.5. The Morgan fingerprint density at radius 2 is 1.63 bits per heavy atom. The summed E-state index contributed by atoms with van der Waals surface area (Å²) in [6, 6.07) is 12.7. The number of hydrogen-bond donors (Lipinski definition) is 3. The van der Waals surface area contributed by atoms with E-state index >= 15 is 0 Å². The lowest BCUT2D eigenvalue weighted by atomic mass is 9.70. The van der Waals surface area contributed by atoms with Crippen molar-refractivity contribution in [3.05, 3.63) is 71.4 Å². The standard InChI is InChI=1S/C44H66N4O3/c1-10-14-17-30(7)42(49)47-34-19-21-36-35-20-18-33(25-37(35)44(22-15-11-2,23-16-12-3)38(36)26-34)39(13-4)46-31(8)40-24-32(28-51-9)27-48(40)43(50)41(45)29(5)6/h13,18-21,25-26,29-30,32,40-41,46H,8,10-12,14-17,22-24,27-28,45H2,1-7,9H3,(H,47,49)/b39-13-/t30-,32-,40-,41-/m0/s1. The van der Waals surface area contributed by atoms with Crippen molar-refractivity contribution in [1.82, 2.24) is 10.2 Å². The summed E-state index contributed by atoms with van der Waals surface area (Å²) in [5.41, 5.74) is 15.2. The van der Waals surface area contributed by atoms with E-state index in [1.165, 1.54) is 22.3 Å². The van der Waals surface area contributed by atoms with Gasteiger partial charge in [-0.3, -0.25) is 9.59 Å². The Kier molecular flexibility index (Phi) is 14.5. The molecule has 2 amide bonds. The Labute approximate surface area is 308 Å². The number of benzene rings is 2. The molecule has 51 heavy (non-hydrogen) atoms. The molecule has 0 bridgehead atoms. The molecule has 1 aliphatic carbocycles. The molecule has 1 saturated heterocycles. The molecule has 7 nitrogen and oxygen atoms in total. The van der Waals surface area contributed by atoms with Gasteiger partial charge >= 0.3 is 0 Å². The molecule has 4 atom stereocenters. The van der Waals surface area contributed by atoms with Crippen LogP contribution in [0.3, 0.4) is 0 Å². The molecule has 0 aromatic heterocycles. The quantitative estimate of drug-likeness (QED) is 0.136. The molecule has 2 aromatic rings. The van der Waals surface area contributed by atoms with E-state index in [9.17, 15) is 9.59 Å². The van der Waals surface area contributed by atoms with E-state index in [0.717, 1.165) is 86.9 Å². The van der Waals surface area contributed by atoms with Crippen LogP contribution < -0.4 is 16.4 Å². The summed E-state index contributed by atoms with van der Waals surface area (Å²) in [7, 11) is 1.71. The largest absolute Gasteiger partial charge is 0.384 e. The fraction of sp³-hybridized carbons (Fsp3) is 0.591. The van der Waals surface area contributed by atoms with E-state index in [1.54, 1.807) is 7.11 Å². The number of allylic oxidation sites excluding steroid dienone is 1. The predicted octanol–water partition coefficient (Wildman–Crippen LogP) is 9.41. The van der Waals surface area contributed by atoms with Crippen molar-refractivity contribution < 1.29 is 14.3 Å². The van der Waals surface area contributed by atoms with Gasteiger partial charge in [0.2, 0.25) is 11.8 Å². The van der Waals surface area contributed by atoms with E-state index in [1.807, 2.05) is 25.7 Å². The number of likely N-dealkylation sites (tertiary alicyclic amines) is 1. The van der Waals surface area contributed by atoms with E-state index < -0.39 is 6.04 Å². The molecule has 0 saturated carbocycles. The van der Waals surface area contributed by atoms with Gasteiger partial charge in [0.25, 0.3) is 0 Å². The first-order valence-electron chi connectivity index (χ1n) is 19.7. The maximum Gasteiger partial charge on any atom is 0.240 e. The summed E-state index contributed by atoms with van der Waals surface area (Å²) in [5, 5.41) is 6.93. The minimum atomic E-state index is -0.557. The maximum atomic E-state index is 13.6. The number of anilines is 1. The lowest BCUT2D eigenvalue weighted by molar-refractivity contribution is -0.134. The lowest BCUT2D eigenvalue weighted by Crippen LogP contribution is -2.49. The molecule has 1 aliphatic heterocycles. The number of carbonyl (C=O) groups excluding carboxylic acids is 2. The number of amides is 2. The molecule has 1 fully saturated rings. The number of carbonyl (C=O) groups is 2. The molecule has 0 unspecified atom stereocenters. The number of fused-ring (bicyclic) bond motifs is 3. The van der Waals surface area contributed by atoms with Gasteiger partial charge in [-0.15, -0.1) is 0 Å². The minimum Gasteiger partial charge on any atom is -0.384 e. The molecule has 2 aliphatic rings. The summed E-state index contributed by atoms with van der Waals surface area (Å²) in [5.74, 6) is 0.319. The molecule has 0 radical (unpaired) electrons. The van der Waals surface area contributed by atoms with Crippen molar-refractivity contribution >= 4 is 23.2 Å². The Morgan fingerprint density at radius 3 is 2.22 bits per heavy atom. The zero-order chi connectivity index (χ0) is 37.3. The van der Waals surface area contributed by atoms with Gasteiger partial charge in [-0.25, -0.2) is 0 Å². The average molecular weight is 699 g/mol. The second-order valence-electron chi connectivity index (χ2n) is 15.5. The molecule has 4 N–H and O–H groups in total. The SMILES string of the molecule is C=C(N/C(=C\C)c1ccc2c(c1)C(CCCC)(CCCC)c1cc(NC(=O)[C@@H](C)CCCC)ccc1-2)[C@@H]1C[C@H](COC)CN1C(=O)[C@@H](N)C(C)C. The Bertz CT molecular complexity index is 1540. The highest BCUT2D eigenvalue weighted by atomic mass is 16.5. The van der Waals surface area contributed by atoms with Crippen molar-refractivity contribution in [3.63, 3.8) is 0 Å². The van der Waals surface area contributed by atoms with Gasteiger partial charge in [0, 0.05) is 48.0 Å². The topological polar surface area (TPSA) is 96.7 Å². The van der Waals surface area contributed by atoms with Crippen molar-refractivity contribution in [1.29, 1.82) is 0 Å². The van der Waals surface area contributed by atoms with E-state index in [-0.39, 0.29) is 41.0 Å². The second kappa shape index (κ2) is 18.4.